The van der Waals surface area contributed by atoms with Crippen molar-refractivity contribution in [2.24, 2.45) is 0 Å². The SMILES string of the molecule is COC(=O)c1cccnc1Oc1cccc(N)c1. The van der Waals surface area contributed by atoms with Gasteiger partial charge in [0.05, 0.1) is 7.11 Å². The molecule has 0 bridgehead atoms. The third-order valence-corrected chi connectivity index (χ3v) is 2.25. The van der Waals surface area contributed by atoms with Crippen molar-refractivity contribution >= 4 is 11.7 Å². The Labute approximate surface area is 104 Å². The van der Waals surface area contributed by atoms with Crippen LogP contribution in [0, 0.1) is 0 Å². The molecule has 18 heavy (non-hydrogen) atoms. The van der Waals surface area contributed by atoms with Crippen LogP contribution in [-0.4, -0.2) is 18.1 Å². The first-order valence-corrected chi connectivity index (χ1v) is 5.27. The number of hydrogen-bond donors (Lipinski definition) is 1. The van der Waals surface area contributed by atoms with E-state index in [0.717, 1.165) is 0 Å². The fourth-order valence-corrected chi connectivity index (χ4v) is 1.43. The largest absolute Gasteiger partial charge is 0.465 e. The normalized spacial score (nSPS) is 9.83. The second-order valence-electron chi connectivity index (χ2n) is 3.52. The van der Waals surface area contributed by atoms with Crippen LogP contribution in [0.15, 0.2) is 42.6 Å². The van der Waals surface area contributed by atoms with E-state index in [1.165, 1.54) is 13.3 Å². The standard InChI is InChI=1S/C13H12N2O3/c1-17-13(16)11-6-3-7-15-12(11)18-10-5-2-4-9(14)8-10/h2-8H,14H2,1H3. The van der Waals surface area contributed by atoms with Gasteiger partial charge in [0, 0.05) is 18.0 Å². The van der Waals surface area contributed by atoms with Crippen LogP contribution in [0.2, 0.25) is 0 Å². The summed E-state index contributed by atoms with van der Waals surface area (Å²) in [6.07, 6.45) is 1.54. The summed E-state index contributed by atoms with van der Waals surface area (Å²) < 4.78 is 10.2. The van der Waals surface area contributed by atoms with E-state index in [9.17, 15) is 4.79 Å². The first kappa shape index (κ1) is 11.9. The number of benzene rings is 1. The van der Waals surface area contributed by atoms with E-state index in [0.29, 0.717) is 11.4 Å². The van der Waals surface area contributed by atoms with Gasteiger partial charge in [0.15, 0.2) is 0 Å². The van der Waals surface area contributed by atoms with Crippen LogP contribution in [0.25, 0.3) is 0 Å². The average molecular weight is 244 g/mol. The van der Waals surface area contributed by atoms with E-state index in [4.69, 9.17) is 10.5 Å². The van der Waals surface area contributed by atoms with Gasteiger partial charge in [0.2, 0.25) is 5.88 Å². The minimum absolute atomic E-state index is 0.190. The predicted molar refractivity (Wildman–Crippen MR) is 66.5 cm³/mol. The van der Waals surface area contributed by atoms with Crippen molar-refractivity contribution in [1.82, 2.24) is 4.98 Å². The number of hydrogen-bond acceptors (Lipinski definition) is 5. The zero-order valence-electron chi connectivity index (χ0n) is 9.79. The Kier molecular flexibility index (Phi) is 3.43. The van der Waals surface area contributed by atoms with Crippen LogP contribution in [0.3, 0.4) is 0 Å². The molecule has 1 aromatic carbocycles. The fourth-order valence-electron chi connectivity index (χ4n) is 1.43. The van der Waals surface area contributed by atoms with E-state index in [-0.39, 0.29) is 11.4 Å². The maximum Gasteiger partial charge on any atom is 0.343 e. The number of rotatable bonds is 3. The molecule has 0 saturated carbocycles. The molecule has 0 aliphatic heterocycles. The number of carbonyl (C=O) groups excluding carboxylic acids is 1. The number of carbonyl (C=O) groups is 1. The Morgan fingerprint density at radius 1 is 1.28 bits per heavy atom. The number of pyridine rings is 1. The van der Waals surface area contributed by atoms with Crippen LogP contribution in [0.4, 0.5) is 5.69 Å². The van der Waals surface area contributed by atoms with Gasteiger partial charge in [-0.1, -0.05) is 6.07 Å². The lowest BCUT2D eigenvalue weighted by atomic mass is 10.2. The molecule has 1 heterocycles. The van der Waals surface area contributed by atoms with Crippen molar-refractivity contribution in [3.05, 3.63) is 48.2 Å². The number of ether oxygens (including phenoxy) is 2. The number of nitrogens with zero attached hydrogens (tertiary/aromatic N) is 1. The topological polar surface area (TPSA) is 74.4 Å². The molecule has 0 aliphatic carbocycles. The van der Waals surface area contributed by atoms with Gasteiger partial charge >= 0.3 is 5.97 Å². The quantitative estimate of drug-likeness (QED) is 0.662. The second-order valence-corrected chi connectivity index (χ2v) is 3.52. The molecule has 0 amide bonds. The molecule has 0 saturated heterocycles. The molecule has 92 valence electrons. The number of anilines is 1. The van der Waals surface area contributed by atoms with Crippen molar-refractivity contribution in [3.63, 3.8) is 0 Å². The highest BCUT2D eigenvalue weighted by Gasteiger charge is 2.14. The summed E-state index contributed by atoms with van der Waals surface area (Å²) in [6.45, 7) is 0. The van der Waals surface area contributed by atoms with Gasteiger partial charge < -0.3 is 15.2 Å². The maximum absolute atomic E-state index is 11.5. The summed E-state index contributed by atoms with van der Waals surface area (Å²) in [5.74, 6) is 0.204. The second kappa shape index (κ2) is 5.18. The van der Waals surface area contributed by atoms with Crippen molar-refractivity contribution in [1.29, 1.82) is 0 Å². The Hall–Kier alpha value is -2.56. The zero-order chi connectivity index (χ0) is 13.0. The Morgan fingerprint density at radius 3 is 2.83 bits per heavy atom. The molecular formula is C13H12N2O3. The molecule has 0 aliphatic rings. The number of esters is 1. The van der Waals surface area contributed by atoms with E-state index in [2.05, 4.69) is 9.72 Å². The highest BCUT2D eigenvalue weighted by molar-refractivity contribution is 5.91. The smallest absolute Gasteiger partial charge is 0.343 e. The molecule has 2 aromatic rings. The molecule has 1 aromatic heterocycles. The average Bonchev–Trinajstić information content (AvgIpc) is 2.38. The maximum atomic E-state index is 11.5. The zero-order valence-corrected chi connectivity index (χ0v) is 9.79. The highest BCUT2D eigenvalue weighted by atomic mass is 16.5. The van der Waals surface area contributed by atoms with Crippen molar-refractivity contribution in [3.8, 4) is 11.6 Å². The summed E-state index contributed by atoms with van der Waals surface area (Å²) in [5, 5.41) is 0. The molecule has 2 N–H and O–H groups in total. The monoisotopic (exact) mass is 244 g/mol. The lowest BCUT2D eigenvalue weighted by Crippen LogP contribution is -2.04. The van der Waals surface area contributed by atoms with Gasteiger partial charge in [-0.15, -0.1) is 0 Å². The Balaban J connectivity index is 2.32. The van der Waals surface area contributed by atoms with Crippen LogP contribution in [0.5, 0.6) is 11.6 Å². The first-order chi connectivity index (χ1) is 8.70. The number of nitrogens with two attached hydrogens (primary N) is 1. The van der Waals surface area contributed by atoms with Gasteiger partial charge in [-0.3, -0.25) is 0 Å². The molecular weight excluding hydrogens is 232 g/mol. The van der Waals surface area contributed by atoms with Gasteiger partial charge in [0.1, 0.15) is 11.3 Å². The molecule has 0 fully saturated rings. The molecule has 5 nitrogen and oxygen atoms in total. The highest BCUT2D eigenvalue weighted by Crippen LogP contribution is 2.24. The van der Waals surface area contributed by atoms with Crippen molar-refractivity contribution in [2.75, 3.05) is 12.8 Å². The van der Waals surface area contributed by atoms with Gasteiger partial charge in [-0.25, -0.2) is 9.78 Å². The summed E-state index contributed by atoms with van der Waals surface area (Å²) in [5.41, 5.74) is 6.48. The van der Waals surface area contributed by atoms with E-state index in [1.54, 1.807) is 36.4 Å². The van der Waals surface area contributed by atoms with E-state index < -0.39 is 5.97 Å². The lowest BCUT2D eigenvalue weighted by Gasteiger charge is -2.08. The first-order valence-electron chi connectivity index (χ1n) is 5.27. The summed E-state index contributed by atoms with van der Waals surface area (Å²) in [4.78, 5) is 15.5. The molecule has 0 spiro atoms. The Morgan fingerprint density at radius 2 is 2.11 bits per heavy atom. The number of nitrogen functional groups attached to an aromatic ring is 1. The predicted octanol–water partition coefficient (Wildman–Crippen LogP) is 2.24. The summed E-state index contributed by atoms with van der Waals surface area (Å²) in [6, 6.07) is 10.1. The van der Waals surface area contributed by atoms with E-state index in [1.807, 2.05) is 0 Å². The van der Waals surface area contributed by atoms with Gasteiger partial charge in [-0.05, 0) is 24.3 Å². The van der Waals surface area contributed by atoms with Crippen LogP contribution in [0.1, 0.15) is 10.4 Å². The number of methoxy groups -OCH3 is 1. The molecule has 0 atom stereocenters. The minimum atomic E-state index is -0.498. The minimum Gasteiger partial charge on any atom is -0.465 e. The summed E-state index contributed by atoms with van der Waals surface area (Å²) in [7, 11) is 1.31. The van der Waals surface area contributed by atoms with Crippen LogP contribution >= 0.6 is 0 Å². The Bertz CT molecular complexity index is 570. The lowest BCUT2D eigenvalue weighted by molar-refractivity contribution is 0.0597. The van der Waals surface area contributed by atoms with Gasteiger partial charge in [-0.2, -0.15) is 0 Å². The third-order valence-electron chi connectivity index (χ3n) is 2.25. The van der Waals surface area contributed by atoms with Crippen molar-refractivity contribution in [2.45, 2.75) is 0 Å². The third kappa shape index (κ3) is 2.57. The molecule has 0 unspecified atom stereocenters. The molecule has 0 radical (unpaired) electrons. The fraction of sp³-hybridized carbons (Fsp3) is 0.0769. The van der Waals surface area contributed by atoms with Crippen molar-refractivity contribution < 1.29 is 14.3 Å². The van der Waals surface area contributed by atoms with Gasteiger partial charge in [0.25, 0.3) is 0 Å². The van der Waals surface area contributed by atoms with Crippen LogP contribution in [-0.2, 0) is 4.74 Å². The summed E-state index contributed by atoms with van der Waals surface area (Å²) >= 11 is 0. The van der Waals surface area contributed by atoms with Crippen LogP contribution < -0.4 is 10.5 Å². The molecule has 2 rings (SSSR count). The number of aromatic nitrogens is 1. The van der Waals surface area contributed by atoms with E-state index >= 15 is 0 Å². The molecule has 5 heteroatoms.